The molecular weight excluding hydrogens is 392 g/mol. The summed E-state index contributed by atoms with van der Waals surface area (Å²) in [5.74, 6) is 1.28. The summed E-state index contributed by atoms with van der Waals surface area (Å²) >= 11 is 0. The number of likely N-dealkylation sites (N-methyl/N-ethyl adjacent to an activating group) is 1. The second kappa shape index (κ2) is 10.1. The number of nitrogens with zero attached hydrogens (tertiary/aromatic N) is 4. The van der Waals surface area contributed by atoms with Crippen LogP contribution < -0.4 is 10.6 Å². The molecule has 8 nitrogen and oxygen atoms in total. The first-order chi connectivity index (χ1) is 15.1. The van der Waals surface area contributed by atoms with Gasteiger partial charge in [0.05, 0.1) is 11.8 Å². The minimum absolute atomic E-state index is 0.0501. The van der Waals surface area contributed by atoms with E-state index in [1.165, 1.54) is 24.4 Å². The van der Waals surface area contributed by atoms with Crippen LogP contribution in [0.2, 0.25) is 0 Å². The lowest BCUT2D eigenvalue weighted by molar-refractivity contribution is -0.140. The smallest absolute Gasteiger partial charge is 0.233 e. The molecule has 0 aromatic heterocycles. The molecule has 8 heteroatoms. The lowest BCUT2D eigenvalue weighted by atomic mass is 9.85. The molecular formula is C23H38N6O2. The number of carbonyl (C=O) groups is 2. The number of allylic oxidation sites excluding steroid dienone is 2. The van der Waals surface area contributed by atoms with Crippen LogP contribution in [0.15, 0.2) is 17.1 Å². The van der Waals surface area contributed by atoms with Crippen LogP contribution in [0.5, 0.6) is 0 Å². The standard InChI is InChI=1S/C23H38N6O2/c1-24-23(25-8-3-11-28-12-5-10-27(2)14-15-28)26-9-4-13-29-21(30)19-17-6-7-18(16-17)20(19)22(29)31/h6-7,17-20H,3-5,8-16H2,1-2H3,(H2,24,25,26). The van der Waals surface area contributed by atoms with Gasteiger partial charge in [-0.1, -0.05) is 12.2 Å². The minimum atomic E-state index is -0.0884. The lowest BCUT2D eigenvalue weighted by Crippen LogP contribution is -2.41. The predicted molar refractivity (Wildman–Crippen MR) is 122 cm³/mol. The van der Waals surface area contributed by atoms with E-state index in [1.807, 2.05) is 0 Å². The highest BCUT2D eigenvalue weighted by Crippen LogP contribution is 2.52. The number of likely N-dealkylation sites (tertiary alicyclic amines) is 1. The van der Waals surface area contributed by atoms with Gasteiger partial charge in [-0.05, 0) is 64.2 Å². The van der Waals surface area contributed by atoms with Crippen molar-refractivity contribution in [3.05, 3.63) is 12.2 Å². The molecule has 2 bridgehead atoms. The Morgan fingerprint density at radius 2 is 1.61 bits per heavy atom. The van der Waals surface area contributed by atoms with Gasteiger partial charge in [0.2, 0.25) is 11.8 Å². The Kier molecular flexibility index (Phi) is 7.27. The van der Waals surface area contributed by atoms with Crippen molar-refractivity contribution in [1.82, 2.24) is 25.3 Å². The molecule has 3 fully saturated rings. The molecule has 2 N–H and O–H groups in total. The lowest BCUT2D eigenvalue weighted by Gasteiger charge is -2.20. The second-order valence-corrected chi connectivity index (χ2v) is 9.46. The summed E-state index contributed by atoms with van der Waals surface area (Å²) in [6, 6.07) is 0. The van der Waals surface area contributed by atoms with Crippen molar-refractivity contribution < 1.29 is 9.59 Å². The molecule has 0 aromatic rings. The Hall–Kier alpha value is -1.93. The average molecular weight is 431 g/mol. The number of guanidine groups is 1. The van der Waals surface area contributed by atoms with Crippen molar-refractivity contribution in [3.63, 3.8) is 0 Å². The quantitative estimate of drug-likeness (QED) is 0.191. The average Bonchev–Trinajstić information content (AvgIpc) is 3.40. The molecule has 2 saturated heterocycles. The molecule has 2 heterocycles. The summed E-state index contributed by atoms with van der Waals surface area (Å²) in [7, 11) is 3.97. The van der Waals surface area contributed by atoms with Crippen LogP contribution in [0.1, 0.15) is 25.7 Å². The Balaban J connectivity index is 1.11. The van der Waals surface area contributed by atoms with E-state index in [4.69, 9.17) is 0 Å². The third-order valence-electron chi connectivity index (χ3n) is 7.39. The summed E-state index contributed by atoms with van der Waals surface area (Å²) in [5.41, 5.74) is 0. The maximum Gasteiger partial charge on any atom is 0.233 e. The van der Waals surface area contributed by atoms with Gasteiger partial charge in [-0.15, -0.1) is 0 Å². The highest BCUT2D eigenvalue weighted by molar-refractivity contribution is 6.06. The fourth-order valence-electron chi connectivity index (χ4n) is 5.68. The van der Waals surface area contributed by atoms with E-state index >= 15 is 0 Å². The zero-order valence-corrected chi connectivity index (χ0v) is 19.1. The third kappa shape index (κ3) is 4.95. The topological polar surface area (TPSA) is 80.3 Å². The normalized spacial score (nSPS) is 31.4. The van der Waals surface area contributed by atoms with Crippen molar-refractivity contribution in [2.75, 3.05) is 66.5 Å². The first-order valence-corrected chi connectivity index (χ1v) is 12.0. The van der Waals surface area contributed by atoms with Crippen LogP contribution in [-0.2, 0) is 9.59 Å². The first kappa shape index (κ1) is 22.3. The number of imide groups is 1. The monoisotopic (exact) mass is 430 g/mol. The van der Waals surface area contributed by atoms with E-state index in [1.54, 1.807) is 7.05 Å². The molecule has 0 spiro atoms. The number of rotatable bonds is 8. The van der Waals surface area contributed by atoms with Gasteiger partial charge < -0.3 is 20.4 Å². The number of nitrogens with one attached hydrogen (secondary N) is 2. The summed E-state index contributed by atoms with van der Waals surface area (Å²) in [5, 5.41) is 6.69. The highest BCUT2D eigenvalue weighted by atomic mass is 16.2. The van der Waals surface area contributed by atoms with E-state index in [-0.39, 0.29) is 35.5 Å². The molecule has 1 saturated carbocycles. The molecule has 4 aliphatic rings. The fourth-order valence-corrected chi connectivity index (χ4v) is 5.68. The van der Waals surface area contributed by atoms with Crippen LogP contribution >= 0.6 is 0 Å². The SMILES string of the molecule is CN=C(NCCCN1CCCN(C)CC1)NCCCN1C(=O)C2C3C=CC(C3)C2C1=O. The summed E-state index contributed by atoms with van der Waals surface area (Å²) in [6.07, 6.45) is 8.33. The number of aliphatic imine (C=N–C) groups is 1. The molecule has 31 heavy (non-hydrogen) atoms. The minimum Gasteiger partial charge on any atom is -0.356 e. The van der Waals surface area contributed by atoms with Crippen LogP contribution in [0.3, 0.4) is 0 Å². The Morgan fingerprint density at radius 1 is 0.968 bits per heavy atom. The van der Waals surface area contributed by atoms with E-state index in [2.05, 4.69) is 44.6 Å². The Labute approximate surface area is 186 Å². The van der Waals surface area contributed by atoms with Crippen LogP contribution in [-0.4, -0.2) is 98.9 Å². The fraction of sp³-hybridized carbons (Fsp3) is 0.783. The molecule has 2 aliphatic heterocycles. The first-order valence-electron chi connectivity index (χ1n) is 12.0. The van der Waals surface area contributed by atoms with Crippen molar-refractivity contribution in [1.29, 1.82) is 0 Å². The van der Waals surface area contributed by atoms with Gasteiger partial charge in [0.15, 0.2) is 5.96 Å². The molecule has 2 aliphatic carbocycles. The third-order valence-corrected chi connectivity index (χ3v) is 7.39. The number of amides is 2. The van der Waals surface area contributed by atoms with Gasteiger partial charge in [-0.2, -0.15) is 0 Å². The number of hydrogen-bond acceptors (Lipinski definition) is 5. The molecule has 2 amide bonds. The molecule has 0 aromatic carbocycles. The Morgan fingerprint density at radius 3 is 2.26 bits per heavy atom. The van der Waals surface area contributed by atoms with E-state index in [0.717, 1.165) is 51.4 Å². The van der Waals surface area contributed by atoms with Gasteiger partial charge in [0.25, 0.3) is 0 Å². The van der Waals surface area contributed by atoms with Gasteiger partial charge in [0, 0.05) is 39.8 Å². The van der Waals surface area contributed by atoms with Gasteiger partial charge >= 0.3 is 0 Å². The molecule has 0 radical (unpaired) electrons. The molecule has 4 unspecified atom stereocenters. The maximum atomic E-state index is 12.7. The zero-order valence-electron chi connectivity index (χ0n) is 19.1. The number of carbonyl (C=O) groups excluding carboxylic acids is 2. The highest BCUT2D eigenvalue weighted by Gasteiger charge is 2.58. The van der Waals surface area contributed by atoms with Crippen molar-refractivity contribution in [2.45, 2.75) is 25.7 Å². The summed E-state index contributed by atoms with van der Waals surface area (Å²) in [6.45, 7) is 7.86. The van der Waals surface area contributed by atoms with Crippen molar-refractivity contribution in [3.8, 4) is 0 Å². The molecule has 4 rings (SSSR count). The van der Waals surface area contributed by atoms with Crippen LogP contribution in [0.25, 0.3) is 0 Å². The Bertz CT molecular complexity index is 693. The summed E-state index contributed by atoms with van der Waals surface area (Å²) < 4.78 is 0. The second-order valence-electron chi connectivity index (χ2n) is 9.46. The molecule has 4 atom stereocenters. The predicted octanol–water partition coefficient (Wildman–Crippen LogP) is 0.376. The van der Waals surface area contributed by atoms with Crippen LogP contribution in [0.4, 0.5) is 0 Å². The zero-order chi connectivity index (χ0) is 21.8. The maximum absolute atomic E-state index is 12.7. The number of fused-ring (bicyclic) bond motifs is 5. The van der Waals surface area contributed by atoms with Gasteiger partial charge in [0.1, 0.15) is 0 Å². The van der Waals surface area contributed by atoms with E-state index < -0.39 is 0 Å². The van der Waals surface area contributed by atoms with Crippen molar-refractivity contribution in [2.24, 2.45) is 28.7 Å². The van der Waals surface area contributed by atoms with Crippen LogP contribution in [0, 0.1) is 23.7 Å². The van der Waals surface area contributed by atoms with Gasteiger partial charge in [-0.3, -0.25) is 19.5 Å². The number of hydrogen-bond donors (Lipinski definition) is 2. The molecule has 172 valence electrons. The van der Waals surface area contributed by atoms with E-state index in [9.17, 15) is 9.59 Å². The van der Waals surface area contributed by atoms with Crippen molar-refractivity contribution >= 4 is 17.8 Å². The van der Waals surface area contributed by atoms with E-state index in [0.29, 0.717) is 13.1 Å². The largest absolute Gasteiger partial charge is 0.356 e. The van der Waals surface area contributed by atoms with Gasteiger partial charge in [-0.25, -0.2) is 0 Å². The summed E-state index contributed by atoms with van der Waals surface area (Å²) in [4.78, 5) is 36.2.